The first-order chi connectivity index (χ1) is 12.7. The van der Waals surface area contributed by atoms with Crippen LogP contribution in [0.5, 0.6) is 0 Å². The van der Waals surface area contributed by atoms with Crippen LogP contribution < -0.4 is 10.2 Å². The summed E-state index contributed by atoms with van der Waals surface area (Å²) in [5.74, 6) is 0.242. The number of pyridine rings is 1. The normalized spacial score (nSPS) is 19.0. The van der Waals surface area contributed by atoms with E-state index in [2.05, 4.69) is 15.2 Å². The predicted molar refractivity (Wildman–Crippen MR) is 96.9 cm³/mol. The van der Waals surface area contributed by atoms with E-state index in [1.165, 1.54) is 12.8 Å². The lowest BCUT2D eigenvalue weighted by Crippen LogP contribution is -2.41. The SMILES string of the molecule is O=C1OC(C(=O)NCc2ccnc(N3CCCC3)c2)Cc2ccccc21. The Kier molecular flexibility index (Phi) is 4.56. The monoisotopic (exact) mass is 351 g/mol. The number of nitrogens with one attached hydrogen (secondary N) is 1. The molecule has 3 heterocycles. The van der Waals surface area contributed by atoms with Crippen LogP contribution in [0.15, 0.2) is 42.6 Å². The van der Waals surface area contributed by atoms with Gasteiger partial charge >= 0.3 is 5.97 Å². The van der Waals surface area contributed by atoms with Gasteiger partial charge in [-0.15, -0.1) is 0 Å². The smallest absolute Gasteiger partial charge is 0.339 e. The fourth-order valence-electron chi connectivity index (χ4n) is 3.47. The second kappa shape index (κ2) is 7.15. The zero-order valence-electron chi connectivity index (χ0n) is 14.5. The molecule has 2 aliphatic heterocycles. The van der Waals surface area contributed by atoms with E-state index in [-0.39, 0.29) is 5.91 Å². The average Bonchev–Trinajstić information content (AvgIpc) is 3.21. The highest BCUT2D eigenvalue weighted by Gasteiger charge is 2.30. The molecule has 1 N–H and O–H groups in total. The van der Waals surface area contributed by atoms with Crippen LogP contribution in [0.4, 0.5) is 5.82 Å². The molecule has 1 amide bonds. The topological polar surface area (TPSA) is 71.5 Å². The first-order valence-electron chi connectivity index (χ1n) is 8.97. The summed E-state index contributed by atoms with van der Waals surface area (Å²) in [7, 11) is 0. The molecule has 0 radical (unpaired) electrons. The predicted octanol–water partition coefficient (Wildman–Crippen LogP) is 2.08. The highest BCUT2D eigenvalue weighted by molar-refractivity contribution is 5.95. The maximum atomic E-state index is 12.5. The Hall–Kier alpha value is -2.89. The molecule has 1 saturated heterocycles. The van der Waals surface area contributed by atoms with Gasteiger partial charge in [-0.1, -0.05) is 18.2 Å². The Morgan fingerprint density at radius 2 is 2.04 bits per heavy atom. The van der Waals surface area contributed by atoms with Crippen molar-refractivity contribution >= 4 is 17.7 Å². The van der Waals surface area contributed by atoms with Gasteiger partial charge in [0.2, 0.25) is 0 Å². The van der Waals surface area contributed by atoms with Crippen molar-refractivity contribution in [1.82, 2.24) is 10.3 Å². The van der Waals surface area contributed by atoms with Crippen LogP contribution in [-0.2, 0) is 22.5 Å². The van der Waals surface area contributed by atoms with Gasteiger partial charge in [0, 0.05) is 32.3 Å². The molecular weight excluding hydrogens is 330 g/mol. The van der Waals surface area contributed by atoms with E-state index in [4.69, 9.17) is 4.74 Å². The molecule has 1 aromatic heterocycles. The number of ether oxygens (including phenoxy) is 1. The zero-order chi connectivity index (χ0) is 17.9. The quantitative estimate of drug-likeness (QED) is 0.854. The molecule has 1 aromatic carbocycles. The van der Waals surface area contributed by atoms with Crippen LogP contribution in [0.3, 0.4) is 0 Å². The number of anilines is 1. The molecule has 6 nitrogen and oxygen atoms in total. The minimum Gasteiger partial charge on any atom is -0.448 e. The van der Waals surface area contributed by atoms with Crippen LogP contribution in [-0.4, -0.2) is 36.1 Å². The van der Waals surface area contributed by atoms with Gasteiger partial charge in [-0.2, -0.15) is 0 Å². The molecule has 2 aliphatic rings. The minimum atomic E-state index is -0.780. The molecule has 6 heteroatoms. The molecule has 134 valence electrons. The molecule has 0 aliphatic carbocycles. The van der Waals surface area contributed by atoms with E-state index in [0.29, 0.717) is 18.5 Å². The van der Waals surface area contributed by atoms with Crippen molar-refractivity contribution in [3.05, 3.63) is 59.3 Å². The van der Waals surface area contributed by atoms with E-state index in [1.54, 1.807) is 18.3 Å². The highest BCUT2D eigenvalue weighted by atomic mass is 16.5. The minimum absolute atomic E-state index is 0.271. The van der Waals surface area contributed by atoms with Crippen LogP contribution in [0.1, 0.15) is 34.3 Å². The highest BCUT2D eigenvalue weighted by Crippen LogP contribution is 2.21. The Morgan fingerprint density at radius 3 is 2.88 bits per heavy atom. The third kappa shape index (κ3) is 3.40. The Labute approximate surface area is 152 Å². The van der Waals surface area contributed by atoms with Crippen LogP contribution in [0.25, 0.3) is 0 Å². The van der Waals surface area contributed by atoms with Gasteiger partial charge in [0.25, 0.3) is 5.91 Å². The van der Waals surface area contributed by atoms with Gasteiger partial charge in [0.1, 0.15) is 5.82 Å². The second-order valence-corrected chi connectivity index (χ2v) is 6.69. The van der Waals surface area contributed by atoms with Crippen molar-refractivity contribution < 1.29 is 14.3 Å². The zero-order valence-corrected chi connectivity index (χ0v) is 14.5. The van der Waals surface area contributed by atoms with Crippen LogP contribution in [0, 0.1) is 0 Å². The number of carbonyl (C=O) groups is 2. The lowest BCUT2D eigenvalue weighted by atomic mass is 9.98. The van der Waals surface area contributed by atoms with Gasteiger partial charge in [-0.05, 0) is 42.2 Å². The molecule has 4 rings (SSSR count). The Morgan fingerprint density at radius 1 is 1.23 bits per heavy atom. The number of hydrogen-bond acceptors (Lipinski definition) is 5. The summed E-state index contributed by atoms with van der Waals surface area (Å²) in [6, 6.07) is 11.1. The van der Waals surface area contributed by atoms with Crippen molar-refractivity contribution in [3.8, 4) is 0 Å². The summed E-state index contributed by atoms with van der Waals surface area (Å²) in [4.78, 5) is 31.2. The van der Waals surface area contributed by atoms with E-state index < -0.39 is 12.1 Å². The van der Waals surface area contributed by atoms with Gasteiger partial charge in [-0.3, -0.25) is 4.79 Å². The van der Waals surface area contributed by atoms with Crippen LogP contribution in [0.2, 0.25) is 0 Å². The number of hydrogen-bond donors (Lipinski definition) is 1. The molecule has 2 aromatic rings. The van der Waals surface area contributed by atoms with Crippen molar-refractivity contribution in [2.24, 2.45) is 0 Å². The number of nitrogens with zero attached hydrogens (tertiary/aromatic N) is 2. The number of esters is 1. The number of cyclic esters (lactones) is 1. The average molecular weight is 351 g/mol. The first-order valence-corrected chi connectivity index (χ1v) is 8.97. The van der Waals surface area contributed by atoms with Gasteiger partial charge in [0.15, 0.2) is 6.10 Å². The molecule has 0 spiro atoms. The van der Waals surface area contributed by atoms with Gasteiger partial charge < -0.3 is 15.0 Å². The van der Waals surface area contributed by atoms with Gasteiger partial charge in [-0.25, -0.2) is 9.78 Å². The lowest BCUT2D eigenvalue weighted by Gasteiger charge is -2.24. The molecule has 0 saturated carbocycles. The number of amides is 1. The largest absolute Gasteiger partial charge is 0.448 e. The summed E-state index contributed by atoms with van der Waals surface area (Å²) in [6.45, 7) is 2.44. The Balaban J connectivity index is 1.39. The fraction of sp³-hybridized carbons (Fsp3) is 0.350. The second-order valence-electron chi connectivity index (χ2n) is 6.69. The summed E-state index contributed by atoms with van der Waals surface area (Å²) in [5.41, 5.74) is 2.38. The van der Waals surface area contributed by atoms with Gasteiger partial charge in [0.05, 0.1) is 5.56 Å². The maximum absolute atomic E-state index is 12.5. The van der Waals surface area contributed by atoms with Crippen LogP contribution >= 0.6 is 0 Å². The molecule has 26 heavy (non-hydrogen) atoms. The van der Waals surface area contributed by atoms with E-state index in [9.17, 15) is 9.59 Å². The molecule has 1 fully saturated rings. The fourth-order valence-corrected chi connectivity index (χ4v) is 3.47. The van der Waals surface area contributed by atoms with Crippen molar-refractivity contribution in [1.29, 1.82) is 0 Å². The first kappa shape index (κ1) is 16.6. The van der Waals surface area contributed by atoms with Crippen molar-refractivity contribution in [3.63, 3.8) is 0 Å². The Bertz CT molecular complexity index is 831. The van der Waals surface area contributed by atoms with E-state index >= 15 is 0 Å². The molecule has 0 bridgehead atoms. The third-order valence-electron chi connectivity index (χ3n) is 4.89. The van der Waals surface area contributed by atoms with E-state index in [0.717, 1.165) is 30.0 Å². The van der Waals surface area contributed by atoms with Crippen molar-refractivity contribution in [2.75, 3.05) is 18.0 Å². The summed E-state index contributed by atoms with van der Waals surface area (Å²) in [5, 5.41) is 2.88. The number of fused-ring (bicyclic) bond motifs is 1. The standard InChI is InChI=1S/C20H21N3O3/c24-19(17-12-15-5-1-2-6-16(15)20(25)26-17)22-13-14-7-8-21-18(11-14)23-9-3-4-10-23/h1-2,5-8,11,17H,3-4,9-10,12-13H2,(H,22,24). The molecule has 1 atom stereocenters. The number of rotatable bonds is 4. The van der Waals surface area contributed by atoms with Crippen molar-refractivity contribution in [2.45, 2.75) is 31.9 Å². The van der Waals surface area contributed by atoms with E-state index in [1.807, 2.05) is 24.3 Å². The summed E-state index contributed by atoms with van der Waals surface area (Å²) in [6.07, 6.45) is 3.78. The number of aromatic nitrogens is 1. The third-order valence-corrected chi connectivity index (χ3v) is 4.89. The number of benzene rings is 1. The molecule has 1 unspecified atom stereocenters. The number of carbonyl (C=O) groups excluding carboxylic acids is 2. The summed E-state index contributed by atoms with van der Waals surface area (Å²) < 4.78 is 5.30. The summed E-state index contributed by atoms with van der Waals surface area (Å²) >= 11 is 0. The molecular formula is C20H21N3O3. The lowest BCUT2D eigenvalue weighted by molar-refractivity contribution is -0.130. The maximum Gasteiger partial charge on any atom is 0.339 e.